The predicted molar refractivity (Wildman–Crippen MR) is 97.6 cm³/mol. The molecule has 0 aliphatic rings. The van der Waals surface area contributed by atoms with Gasteiger partial charge >= 0.3 is 11.9 Å². The minimum atomic E-state index is -0.504. The number of carbonyl (C=O) groups excluding carboxylic acids is 2. The summed E-state index contributed by atoms with van der Waals surface area (Å²) in [6.45, 7) is 16.6. The van der Waals surface area contributed by atoms with Crippen molar-refractivity contribution in [2.24, 2.45) is 10.8 Å². The minimum absolute atomic E-state index is 0.164. The van der Waals surface area contributed by atoms with Gasteiger partial charge in [0, 0.05) is 12.2 Å². The highest BCUT2D eigenvalue weighted by Gasteiger charge is 2.16. The van der Waals surface area contributed by atoms with Crippen molar-refractivity contribution >= 4 is 11.9 Å². The van der Waals surface area contributed by atoms with Crippen molar-refractivity contribution in [2.75, 3.05) is 0 Å². The van der Waals surface area contributed by atoms with E-state index in [4.69, 9.17) is 9.47 Å². The molecule has 0 aliphatic carbocycles. The van der Waals surface area contributed by atoms with Gasteiger partial charge in [-0.15, -0.1) is 0 Å². The Morgan fingerprint density at radius 1 is 0.750 bits per heavy atom. The van der Waals surface area contributed by atoms with Crippen LogP contribution in [0.15, 0.2) is 12.2 Å². The van der Waals surface area contributed by atoms with E-state index >= 15 is 0 Å². The Labute approximate surface area is 148 Å². The number of hydrogen-bond acceptors (Lipinski definition) is 4. The van der Waals surface area contributed by atoms with Crippen molar-refractivity contribution in [2.45, 2.75) is 93.3 Å². The predicted octanol–water partition coefficient (Wildman–Crippen LogP) is 5.06. The molecule has 0 aromatic carbocycles. The Kier molecular flexibility index (Phi) is 9.31. The van der Waals surface area contributed by atoms with Crippen LogP contribution in [-0.4, -0.2) is 24.1 Å². The van der Waals surface area contributed by atoms with Crippen LogP contribution in [0.5, 0.6) is 0 Å². The Bertz CT molecular complexity index is 384. The first-order chi connectivity index (χ1) is 10.8. The lowest BCUT2D eigenvalue weighted by Crippen LogP contribution is -2.18. The van der Waals surface area contributed by atoms with Crippen LogP contribution in [0.1, 0.15) is 81.1 Å². The lowest BCUT2D eigenvalue weighted by atomic mass is 9.89. The highest BCUT2D eigenvalue weighted by atomic mass is 16.5. The smallest absolute Gasteiger partial charge is 0.331 e. The zero-order chi connectivity index (χ0) is 19.0. The van der Waals surface area contributed by atoms with Crippen LogP contribution < -0.4 is 0 Å². The molecule has 4 nitrogen and oxygen atoms in total. The maximum Gasteiger partial charge on any atom is 0.331 e. The lowest BCUT2D eigenvalue weighted by Gasteiger charge is -2.21. The monoisotopic (exact) mass is 340 g/mol. The highest BCUT2D eigenvalue weighted by molar-refractivity contribution is 5.91. The summed E-state index contributed by atoms with van der Waals surface area (Å²) in [6.07, 6.45) is 5.51. The lowest BCUT2D eigenvalue weighted by molar-refractivity contribution is -0.145. The second-order valence-electron chi connectivity index (χ2n) is 9.03. The number of ether oxygens (including phenoxy) is 2. The summed E-state index contributed by atoms with van der Waals surface area (Å²) in [4.78, 5) is 23.4. The average molecular weight is 341 g/mol. The first kappa shape index (κ1) is 22.7. The van der Waals surface area contributed by atoms with Crippen molar-refractivity contribution < 1.29 is 19.1 Å². The van der Waals surface area contributed by atoms with E-state index in [1.54, 1.807) is 0 Å². The molecule has 140 valence electrons. The molecule has 0 amide bonds. The van der Waals surface area contributed by atoms with E-state index in [9.17, 15) is 9.59 Å². The molecule has 0 heterocycles. The first-order valence-electron chi connectivity index (χ1n) is 8.88. The second kappa shape index (κ2) is 9.85. The van der Waals surface area contributed by atoms with Gasteiger partial charge in [-0.05, 0) is 50.4 Å². The number of esters is 2. The molecule has 0 saturated carbocycles. The van der Waals surface area contributed by atoms with Gasteiger partial charge in [0.15, 0.2) is 0 Å². The summed E-state index contributed by atoms with van der Waals surface area (Å²) in [5, 5.41) is 0. The molecule has 0 aromatic heterocycles. The molecule has 4 heteroatoms. The summed E-state index contributed by atoms with van der Waals surface area (Å²) < 4.78 is 10.5. The fourth-order valence-corrected chi connectivity index (χ4v) is 2.00. The standard InChI is InChI=1S/C20H36O4/c1-15(11-13-19(3,4)5)23-17(21)9-10-18(22)24-16(2)12-14-20(6,7)8/h9-10,15-16H,11-14H2,1-8H3/b10-9+. The van der Waals surface area contributed by atoms with Crippen LogP contribution in [-0.2, 0) is 19.1 Å². The Morgan fingerprint density at radius 2 is 1.04 bits per heavy atom. The Hall–Kier alpha value is -1.32. The zero-order valence-electron chi connectivity index (χ0n) is 16.8. The molecule has 0 spiro atoms. The normalized spacial score (nSPS) is 15.2. The number of carbonyl (C=O) groups is 2. The van der Waals surface area contributed by atoms with Gasteiger partial charge in [0.1, 0.15) is 0 Å². The van der Waals surface area contributed by atoms with Crippen molar-refractivity contribution in [1.82, 2.24) is 0 Å². The third-order valence-corrected chi connectivity index (χ3v) is 3.59. The molecule has 24 heavy (non-hydrogen) atoms. The quantitative estimate of drug-likeness (QED) is 0.458. The van der Waals surface area contributed by atoms with Gasteiger partial charge in [-0.3, -0.25) is 0 Å². The van der Waals surface area contributed by atoms with E-state index in [1.807, 2.05) is 13.8 Å². The van der Waals surface area contributed by atoms with Crippen LogP contribution in [0.4, 0.5) is 0 Å². The van der Waals surface area contributed by atoms with Crippen LogP contribution in [0.3, 0.4) is 0 Å². The fourth-order valence-electron chi connectivity index (χ4n) is 2.00. The molecule has 0 aliphatic heterocycles. The van der Waals surface area contributed by atoms with Crippen molar-refractivity contribution in [3.8, 4) is 0 Å². The minimum Gasteiger partial charge on any atom is -0.460 e. The van der Waals surface area contributed by atoms with Crippen molar-refractivity contribution in [3.05, 3.63) is 12.2 Å². The average Bonchev–Trinajstić information content (AvgIpc) is 2.39. The summed E-state index contributed by atoms with van der Waals surface area (Å²) >= 11 is 0. The van der Waals surface area contributed by atoms with Crippen molar-refractivity contribution in [3.63, 3.8) is 0 Å². The van der Waals surface area contributed by atoms with Crippen LogP contribution in [0, 0.1) is 10.8 Å². The summed E-state index contributed by atoms with van der Waals surface area (Å²) in [7, 11) is 0. The van der Waals surface area contributed by atoms with E-state index in [0.29, 0.717) is 0 Å². The van der Waals surface area contributed by atoms with Gasteiger partial charge in [0.05, 0.1) is 12.2 Å². The maximum absolute atomic E-state index is 11.7. The number of rotatable bonds is 8. The molecule has 0 fully saturated rings. The molecule has 0 bridgehead atoms. The molecular formula is C20H36O4. The van der Waals surface area contributed by atoms with Gasteiger partial charge in [-0.25, -0.2) is 9.59 Å². The number of hydrogen-bond donors (Lipinski definition) is 0. The molecule has 0 aromatic rings. The summed E-state index contributed by atoms with van der Waals surface area (Å²) in [6, 6.07) is 0. The van der Waals surface area contributed by atoms with Crippen molar-refractivity contribution in [1.29, 1.82) is 0 Å². The molecule has 2 atom stereocenters. The van der Waals surface area contributed by atoms with Crippen LogP contribution in [0.2, 0.25) is 0 Å². The van der Waals surface area contributed by atoms with Gasteiger partial charge in [-0.2, -0.15) is 0 Å². The Morgan fingerprint density at radius 3 is 1.29 bits per heavy atom. The summed E-state index contributed by atoms with van der Waals surface area (Å²) in [5.74, 6) is -1.01. The van der Waals surface area contributed by atoms with E-state index in [1.165, 1.54) is 0 Å². The molecule has 0 radical (unpaired) electrons. The maximum atomic E-state index is 11.7. The van der Waals surface area contributed by atoms with Gasteiger partial charge < -0.3 is 9.47 Å². The topological polar surface area (TPSA) is 52.6 Å². The second-order valence-corrected chi connectivity index (χ2v) is 9.03. The van der Waals surface area contributed by atoms with Gasteiger partial charge in [-0.1, -0.05) is 41.5 Å². The van der Waals surface area contributed by atoms with Crippen LogP contribution >= 0.6 is 0 Å². The van der Waals surface area contributed by atoms with E-state index in [-0.39, 0.29) is 23.0 Å². The van der Waals surface area contributed by atoms with Gasteiger partial charge in [0.2, 0.25) is 0 Å². The van der Waals surface area contributed by atoms with Crippen LogP contribution in [0.25, 0.3) is 0 Å². The molecule has 0 N–H and O–H groups in total. The molecular weight excluding hydrogens is 304 g/mol. The Balaban J connectivity index is 4.14. The fraction of sp³-hybridized carbons (Fsp3) is 0.800. The third-order valence-electron chi connectivity index (χ3n) is 3.59. The largest absolute Gasteiger partial charge is 0.460 e. The third kappa shape index (κ3) is 14.3. The van der Waals surface area contributed by atoms with Gasteiger partial charge in [0.25, 0.3) is 0 Å². The molecule has 2 unspecified atom stereocenters. The van der Waals surface area contributed by atoms with E-state index < -0.39 is 11.9 Å². The molecule has 0 saturated heterocycles. The van der Waals surface area contributed by atoms with E-state index in [0.717, 1.165) is 37.8 Å². The highest BCUT2D eigenvalue weighted by Crippen LogP contribution is 2.23. The summed E-state index contributed by atoms with van der Waals surface area (Å²) in [5.41, 5.74) is 0.424. The zero-order valence-corrected chi connectivity index (χ0v) is 16.8. The first-order valence-corrected chi connectivity index (χ1v) is 8.88. The molecule has 0 rings (SSSR count). The SMILES string of the molecule is CC(CCC(C)(C)C)OC(=O)/C=C/C(=O)OC(C)CCC(C)(C)C. The van der Waals surface area contributed by atoms with E-state index in [2.05, 4.69) is 41.5 Å².